The van der Waals surface area contributed by atoms with Gasteiger partial charge in [0, 0.05) is 5.56 Å². The summed E-state index contributed by atoms with van der Waals surface area (Å²) in [6.45, 7) is 3.45. The van der Waals surface area contributed by atoms with Crippen molar-refractivity contribution in [2.75, 3.05) is 4.90 Å². The number of anilines is 1. The summed E-state index contributed by atoms with van der Waals surface area (Å²) in [6, 6.07) is 16.2. The summed E-state index contributed by atoms with van der Waals surface area (Å²) in [5.41, 5.74) is 1.63. The summed E-state index contributed by atoms with van der Waals surface area (Å²) >= 11 is 5.24. The minimum atomic E-state index is -0.565. The van der Waals surface area contributed by atoms with Crippen LogP contribution in [0.2, 0.25) is 0 Å². The molecule has 2 heterocycles. The Hall–Kier alpha value is -3.78. The van der Waals surface area contributed by atoms with Gasteiger partial charge in [0.05, 0.1) is 11.4 Å². The zero-order valence-electron chi connectivity index (χ0n) is 16.2. The van der Waals surface area contributed by atoms with E-state index in [0.717, 1.165) is 0 Å². The van der Waals surface area contributed by atoms with Crippen molar-refractivity contribution in [3.63, 3.8) is 0 Å². The van der Waals surface area contributed by atoms with E-state index >= 15 is 0 Å². The summed E-state index contributed by atoms with van der Waals surface area (Å²) in [4.78, 5) is 26.8. The van der Waals surface area contributed by atoms with E-state index in [0.29, 0.717) is 34.2 Å². The zero-order valence-corrected chi connectivity index (χ0v) is 17.0. The predicted octanol–water partition coefficient (Wildman–Crippen LogP) is 3.92. The quantitative estimate of drug-likeness (QED) is 0.392. The van der Waals surface area contributed by atoms with Crippen molar-refractivity contribution in [3.05, 3.63) is 77.2 Å². The Morgan fingerprint density at radius 3 is 2.33 bits per heavy atom. The minimum Gasteiger partial charge on any atom is -0.457 e. The minimum absolute atomic E-state index is 0.0117. The molecule has 1 aliphatic rings. The molecule has 1 aliphatic heterocycles. The number of amides is 2. The number of hydrogen-bond donors (Lipinski definition) is 1. The molecule has 3 aromatic rings. The third kappa shape index (κ3) is 3.72. The number of aromatic nitrogens is 1. The molecular weight excluding hydrogens is 402 g/mol. The lowest BCUT2D eigenvalue weighted by Crippen LogP contribution is -2.54. The number of rotatable bonds is 4. The molecule has 1 saturated heterocycles. The molecular formula is C22H17N3O4S. The molecule has 0 aliphatic carbocycles. The fourth-order valence-electron chi connectivity index (χ4n) is 3.02. The van der Waals surface area contributed by atoms with E-state index in [2.05, 4.69) is 10.5 Å². The second kappa shape index (κ2) is 7.92. The Bertz CT molecular complexity index is 1150. The van der Waals surface area contributed by atoms with Crippen LogP contribution in [0.1, 0.15) is 17.0 Å². The van der Waals surface area contributed by atoms with Crippen LogP contribution in [0.5, 0.6) is 11.5 Å². The summed E-state index contributed by atoms with van der Waals surface area (Å²) in [5, 5.41) is 6.42. The highest BCUT2D eigenvalue weighted by Crippen LogP contribution is 2.27. The maximum absolute atomic E-state index is 13.1. The molecule has 0 radical (unpaired) electrons. The molecule has 8 heteroatoms. The van der Waals surface area contributed by atoms with Gasteiger partial charge < -0.3 is 9.26 Å². The first kappa shape index (κ1) is 19.5. The molecule has 2 aromatic carbocycles. The highest BCUT2D eigenvalue weighted by atomic mass is 32.1. The highest BCUT2D eigenvalue weighted by Gasteiger charge is 2.35. The lowest BCUT2D eigenvalue weighted by molar-refractivity contribution is -0.122. The van der Waals surface area contributed by atoms with Gasteiger partial charge in [-0.25, -0.2) is 0 Å². The molecule has 30 heavy (non-hydrogen) atoms. The summed E-state index contributed by atoms with van der Waals surface area (Å²) in [5.74, 6) is 0.732. The first-order valence-corrected chi connectivity index (χ1v) is 9.52. The van der Waals surface area contributed by atoms with Gasteiger partial charge in [-0.05, 0) is 68.5 Å². The Morgan fingerprint density at radius 2 is 1.70 bits per heavy atom. The number of benzene rings is 2. The standard InChI is InChI=1S/C22H17N3O4S/c1-13-18(14(2)29-24-13)12-19-20(26)23-22(30)25(21(19)27)15-8-10-17(11-9-15)28-16-6-4-3-5-7-16/h3-12H,1-2H3,(H,23,26,30)/b19-12-. The van der Waals surface area contributed by atoms with E-state index < -0.39 is 11.8 Å². The van der Waals surface area contributed by atoms with Crippen molar-refractivity contribution in [2.45, 2.75) is 13.8 Å². The van der Waals surface area contributed by atoms with Gasteiger partial charge in [0.2, 0.25) is 0 Å². The zero-order chi connectivity index (χ0) is 21.3. The second-order valence-corrected chi connectivity index (χ2v) is 6.99. The maximum Gasteiger partial charge on any atom is 0.270 e. The average molecular weight is 419 g/mol. The monoisotopic (exact) mass is 419 g/mol. The molecule has 150 valence electrons. The number of ether oxygens (including phenoxy) is 1. The Balaban J connectivity index is 1.62. The fourth-order valence-corrected chi connectivity index (χ4v) is 3.30. The van der Waals surface area contributed by atoms with Gasteiger partial charge in [0.1, 0.15) is 22.8 Å². The van der Waals surface area contributed by atoms with Crippen LogP contribution in [-0.4, -0.2) is 22.1 Å². The van der Waals surface area contributed by atoms with Crippen molar-refractivity contribution >= 4 is 40.9 Å². The Kier molecular flexibility index (Phi) is 5.16. The first-order valence-electron chi connectivity index (χ1n) is 9.11. The van der Waals surface area contributed by atoms with Crippen molar-refractivity contribution in [1.82, 2.24) is 10.5 Å². The van der Waals surface area contributed by atoms with Crippen molar-refractivity contribution in [1.29, 1.82) is 0 Å². The third-order valence-corrected chi connectivity index (χ3v) is 4.84. The van der Waals surface area contributed by atoms with Crippen LogP contribution in [0.3, 0.4) is 0 Å². The third-order valence-electron chi connectivity index (χ3n) is 4.55. The van der Waals surface area contributed by atoms with Gasteiger partial charge in [-0.2, -0.15) is 0 Å². The number of carbonyl (C=O) groups is 2. The van der Waals surface area contributed by atoms with E-state index in [1.165, 1.54) is 11.0 Å². The fraction of sp³-hybridized carbons (Fsp3) is 0.0909. The molecule has 0 unspecified atom stereocenters. The molecule has 1 aromatic heterocycles. The maximum atomic E-state index is 13.1. The van der Waals surface area contributed by atoms with Crippen LogP contribution in [0.15, 0.2) is 64.7 Å². The molecule has 4 rings (SSSR count). The van der Waals surface area contributed by atoms with Crippen molar-refractivity contribution in [3.8, 4) is 11.5 Å². The van der Waals surface area contributed by atoms with Gasteiger partial charge in [0.15, 0.2) is 5.11 Å². The number of thiocarbonyl (C=S) groups is 1. The number of aryl methyl sites for hydroxylation is 2. The molecule has 0 spiro atoms. The van der Waals surface area contributed by atoms with Gasteiger partial charge in [0.25, 0.3) is 11.8 Å². The number of nitrogens with one attached hydrogen (secondary N) is 1. The molecule has 7 nitrogen and oxygen atoms in total. The van der Waals surface area contributed by atoms with E-state index in [1.54, 1.807) is 38.1 Å². The SMILES string of the molecule is Cc1noc(C)c1/C=C1/C(=O)NC(=S)N(c2ccc(Oc3ccccc3)cc2)C1=O. The largest absolute Gasteiger partial charge is 0.457 e. The first-order chi connectivity index (χ1) is 14.4. The van der Waals surface area contributed by atoms with Crippen LogP contribution >= 0.6 is 12.2 Å². The van der Waals surface area contributed by atoms with Crippen LogP contribution in [0, 0.1) is 13.8 Å². The Morgan fingerprint density at radius 1 is 1.03 bits per heavy atom. The molecule has 0 saturated carbocycles. The van der Waals surface area contributed by atoms with E-state index in [9.17, 15) is 9.59 Å². The lowest BCUT2D eigenvalue weighted by atomic mass is 10.1. The second-order valence-electron chi connectivity index (χ2n) is 6.60. The van der Waals surface area contributed by atoms with Crippen molar-refractivity contribution < 1.29 is 18.8 Å². The number of hydrogen-bond acceptors (Lipinski definition) is 6. The summed E-state index contributed by atoms with van der Waals surface area (Å²) < 4.78 is 10.9. The lowest BCUT2D eigenvalue weighted by Gasteiger charge is -2.29. The van der Waals surface area contributed by atoms with Crippen LogP contribution < -0.4 is 15.0 Å². The highest BCUT2D eigenvalue weighted by molar-refractivity contribution is 7.80. The van der Waals surface area contributed by atoms with Crippen LogP contribution in [0.4, 0.5) is 5.69 Å². The van der Waals surface area contributed by atoms with Gasteiger partial charge >= 0.3 is 0 Å². The molecule has 2 amide bonds. The summed E-state index contributed by atoms with van der Waals surface area (Å²) in [6.07, 6.45) is 1.47. The molecule has 0 atom stereocenters. The van der Waals surface area contributed by atoms with Crippen LogP contribution in [-0.2, 0) is 9.59 Å². The van der Waals surface area contributed by atoms with E-state index in [4.69, 9.17) is 21.5 Å². The Labute approximate surface area is 177 Å². The predicted molar refractivity (Wildman–Crippen MR) is 115 cm³/mol. The molecule has 0 bridgehead atoms. The van der Waals surface area contributed by atoms with E-state index in [1.807, 2.05) is 30.3 Å². The van der Waals surface area contributed by atoms with Crippen LogP contribution in [0.25, 0.3) is 6.08 Å². The normalized spacial score (nSPS) is 15.5. The van der Waals surface area contributed by atoms with Crippen molar-refractivity contribution in [2.24, 2.45) is 0 Å². The number of carbonyl (C=O) groups excluding carboxylic acids is 2. The van der Waals surface area contributed by atoms with Gasteiger partial charge in [-0.3, -0.25) is 19.8 Å². The number of para-hydroxylation sites is 1. The van der Waals surface area contributed by atoms with Gasteiger partial charge in [-0.15, -0.1) is 0 Å². The smallest absolute Gasteiger partial charge is 0.270 e. The molecule has 1 N–H and O–H groups in total. The molecule has 1 fully saturated rings. The topological polar surface area (TPSA) is 84.7 Å². The van der Waals surface area contributed by atoms with Gasteiger partial charge in [-0.1, -0.05) is 23.4 Å². The summed E-state index contributed by atoms with van der Waals surface area (Å²) in [7, 11) is 0. The number of nitrogens with zero attached hydrogens (tertiary/aromatic N) is 2. The van der Waals surface area contributed by atoms with E-state index in [-0.39, 0.29) is 10.7 Å². The average Bonchev–Trinajstić information content (AvgIpc) is 3.04.